The van der Waals surface area contributed by atoms with Gasteiger partial charge in [0.2, 0.25) is 0 Å². The molecule has 3 aromatic rings. The van der Waals surface area contributed by atoms with E-state index in [9.17, 15) is 9.59 Å². The number of hydrogen-bond donors (Lipinski definition) is 3. The molecular weight excluding hydrogens is 302 g/mol. The topological polar surface area (TPSA) is 70.2 Å². The van der Waals surface area contributed by atoms with Gasteiger partial charge in [0.15, 0.2) is 0 Å². The van der Waals surface area contributed by atoms with E-state index in [0.717, 1.165) is 10.8 Å². The molecule has 0 radical (unpaired) electrons. The SMILES string of the molecule is CNC(=O)Nc1cccc(NC(=O)c2ccc3ccccc3c2)c1. The standard InChI is InChI=1S/C19H17N3O2/c1-20-19(24)22-17-8-4-7-16(12-17)21-18(23)15-10-9-13-5-2-3-6-14(13)11-15/h2-12H,1H3,(H,21,23)(H2,20,22,24). The molecule has 3 rings (SSSR count). The highest BCUT2D eigenvalue weighted by Crippen LogP contribution is 2.19. The van der Waals surface area contributed by atoms with Gasteiger partial charge in [-0.05, 0) is 41.1 Å². The van der Waals surface area contributed by atoms with Crippen molar-refractivity contribution in [1.82, 2.24) is 5.32 Å². The quantitative estimate of drug-likeness (QED) is 0.686. The minimum atomic E-state index is -0.312. The third-order valence-corrected chi connectivity index (χ3v) is 3.62. The van der Waals surface area contributed by atoms with Crippen LogP contribution in [0.3, 0.4) is 0 Å². The van der Waals surface area contributed by atoms with Gasteiger partial charge in [0.25, 0.3) is 5.91 Å². The van der Waals surface area contributed by atoms with E-state index in [2.05, 4.69) is 16.0 Å². The van der Waals surface area contributed by atoms with Gasteiger partial charge in [0.05, 0.1) is 0 Å². The molecule has 3 amide bonds. The van der Waals surface area contributed by atoms with E-state index >= 15 is 0 Å². The van der Waals surface area contributed by atoms with Crippen molar-refractivity contribution in [2.75, 3.05) is 17.7 Å². The molecule has 5 nitrogen and oxygen atoms in total. The molecule has 0 unspecified atom stereocenters. The second kappa shape index (κ2) is 6.83. The Hall–Kier alpha value is -3.34. The molecule has 0 spiro atoms. The number of carbonyl (C=O) groups excluding carboxylic acids is 2. The highest BCUT2D eigenvalue weighted by Gasteiger charge is 2.08. The van der Waals surface area contributed by atoms with E-state index in [1.54, 1.807) is 37.4 Å². The number of rotatable bonds is 3. The summed E-state index contributed by atoms with van der Waals surface area (Å²) in [5, 5.41) is 10.1. The molecule has 120 valence electrons. The van der Waals surface area contributed by atoms with Crippen molar-refractivity contribution in [3.8, 4) is 0 Å². The van der Waals surface area contributed by atoms with Crippen molar-refractivity contribution in [1.29, 1.82) is 0 Å². The summed E-state index contributed by atoms with van der Waals surface area (Å²) >= 11 is 0. The Morgan fingerprint density at radius 3 is 2.21 bits per heavy atom. The number of carbonyl (C=O) groups is 2. The van der Waals surface area contributed by atoms with Gasteiger partial charge >= 0.3 is 6.03 Å². The summed E-state index contributed by atoms with van der Waals surface area (Å²) in [6.07, 6.45) is 0. The zero-order chi connectivity index (χ0) is 16.9. The maximum Gasteiger partial charge on any atom is 0.318 e. The largest absolute Gasteiger partial charge is 0.341 e. The lowest BCUT2D eigenvalue weighted by Crippen LogP contribution is -2.24. The van der Waals surface area contributed by atoms with Crippen LogP contribution in [0.25, 0.3) is 10.8 Å². The van der Waals surface area contributed by atoms with Crippen LogP contribution >= 0.6 is 0 Å². The molecule has 5 heteroatoms. The Labute approximate surface area is 139 Å². The normalized spacial score (nSPS) is 10.2. The van der Waals surface area contributed by atoms with Crippen LogP contribution in [0.15, 0.2) is 66.7 Å². The molecule has 0 saturated carbocycles. The van der Waals surface area contributed by atoms with Gasteiger partial charge in [0.1, 0.15) is 0 Å². The molecule has 0 atom stereocenters. The molecule has 0 aromatic heterocycles. The fourth-order valence-electron chi connectivity index (χ4n) is 2.40. The van der Waals surface area contributed by atoms with Crippen LogP contribution in [-0.2, 0) is 0 Å². The Kier molecular flexibility index (Phi) is 4.43. The first-order valence-electron chi connectivity index (χ1n) is 7.54. The Morgan fingerprint density at radius 2 is 1.46 bits per heavy atom. The predicted octanol–water partition coefficient (Wildman–Crippen LogP) is 3.84. The maximum absolute atomic E-state index is 12.4. The molecule has 3 N–H and O–H groups in total. The molecule has 0 aliphatic carbocycles. The Morgan fingerprint density at radius 1 is 0.750 bits per heavy atom. The minimum Gasteiger partial charge on any atom is -0.341 e. The molecule has 24 heavy (non-hydrogen) atoms. The van der Waals surface area contributed by atoms with Crippen LogP contribution in [0.1, 0.15) is 10.4 Å². The summed E-state index contributed by atoms with van der Waals surface area (Å²) in [6, 6.07) is 20.1. The highest BCUT2D eigenvalue weighted by molar-refractivity contribution is 6.06. The second-order valence-electron chi connectivity index (χ2n) is 5.30. The highest BCUT2D eigenvalue weighted by atomic mass is 16.2. The van der Waals surface area contributed by atoms with Crippen LogP contribution in [0, 0.1) is 0 Å². The number of anilines is 2. The third-order valence-electron chi connectivity index (χ3n) is 3.62. The summed E-state index contributed by atoms with van der Waals surface area (Å²) in [5.41, 5.74) is 1.80. The van der Waals surface area contributed by atoms with Crippen LogP contribution in [-0.4, -0.2) is 19.0 Å². The summed E-state index contributed by atoms with van der Waals surface area (Å²) in [6.45, 7) is 0. The number of urea groups is 1. The first kappa shape index (κ1) is 15.6. The zero-order valence-electron chi connectivity index (χ0n) is 13.2. The number of benzene rings is 3. The van der Waals surface area contributed by atoms with Crippen molar-refractivity contribution < 1.29 is 9.59 Å². The van der Waals surface area contributed by atoms with Crippen molar-refractivity contribution in [2.24, 2.45) is 0 Å². The lowest BCUT2D eigenvalue weighted by Gasteiger charge is -2.09. The van der Waals surface area contributed by atoms with E-state index in [0.29, 0.717) is 16.9 Å². The second-order valence-corrected chi connectivity index (χ2v) is 5.30. The molecule has 0 fully saturated rings. The fraction of sp³-hybridized carbons (Fsp3) is 0.0526. The average Bonchev–Trinajstić information content (AvgIpc) is 2.61. The summed E-state index contributed by atoms with van der Waals surface area (Å²) in [7, 11) is 1.54. The number of nitrogens with one attached hydrogen (secondary N) is 3. The number of fused-ring (bicyclic) bond motifs is 1. The molecule has 0 saturated heterocycles. The summed E-state index contributed by atoms with van der Waals surface area (Å²) in [4.78, 5) is 23.8. The Bertz CT molecular complexity index is 906. The molecule has 0 aliphatic heterocycles. The van der Waals surface area contributed by atoms with Crippen molar-refractivity contribution in [3.63, 3.8) is 0 Å². The van der Waals surface area contributed by atoms with Crippen molar-refractivity contribution >= 4 is 34.1 Å². The van der Waals surface area contributed by atoms with Gasteiger partial charge in [-0.3, -0.25) is 4.79 Å². The van der Waals surface area contributed by atoms with E-state index < -0.39 is 0 Å². The van der Waals surface area contributed by atoms with Gasteiger partial charge in [-0.2, -0.15) is 0 Å². The van der Waals surface area contributed by atoms with E-state index in [1.807, 2.05) is 36.4 Å². The lowest BCUT2D eigenvalue weighted by molar-refractivity contribution is 0.102. The summed E-state index contributed by atoms with van der Waals surface area (Å²) in [5.74, 6) is -0.196. The fourth-order valence-corrected chi connectivity index (χ4v) is 2.40. The van der Waals surface area contributed by atoms with Gasteiger partial charge in [-0.1, -0.05) is 36.4 Å². The minimum absolute atomic E-state index is 0.196. The molecular formula is C19H17N3O2. The van der Waals surface area contributed by atoms with Gasteiger partial charge in [-0.15, -0.1) is 0 Å². The smallest absolute Gasteiger partial charge is 0.318 e. The van der Waals surface area contributed by atoms with Crippen LogP contribution in [0.5, 0.6) is 0 Å². The van der Waals surface area contributed by atoms with E-state index in [-0.39, 0.29) is 11.9 Å². The molecule has 3 aromatic carbocycles. The number of amides is 3. The van der Waals surface area contributed by atoms with Crippen LogP contribution in [0.4, 0.5) is 16.2 Å². The van der Waals surface area contributed by atoms with Crippen LogP contribution in [0.2, 0.25) is 0 Å². The van der Waals surface area contributed by atoms with Crippen molar-refractivity contribution in [2.45, 2.75) is 0 Å². The summed E-state index contributed by atoms with van der Waals surface area (Å²) < 4.78 is 0. The van der Waals surface area contributed by atoms with Gasteiger partial charge < -0.3 is 16.0 Å². The van der Waals surface area contributed by atoms with Gasteiger partial charge in [0, 0.05) is 24.0 Å². The molecule has 0 heterocycles. The first-order valence-corrected chi connectivity index (χ1v) is 7.54. The zero-order valence-corrected chi connectivity index (χ0v) is 13.2. The number of hydrogen-bond acceptors (Lipinski definition) is 2. The van der Waals surface area contributed by atoms with Gasteiger partial charge in [-0.25, -0.2) is 4.79 Å². The van der Waals surface area contributed by atoms with Crippen LogP contribution < -0.4 is 16.0 Å². The average molecular weight is 319 g/mol. The monoisotopic (exact) mass is 319 g/mol. The Balaban J connectivity index is 1.78. The predicted molar refractivity (Wildman–Crippen MR) is 96.4 cm³/mol. The molecule has 0 bridgehead atoms. The lowest BCUT2D eigenvalue weighted by atomic mass is 10.1. The van der Waals surface area contributed by atoms with Crippen molar-refractivity contribution in [3.05, 3.63) is 72.3 Å². The van der Waals surface area contributed by atoms with E-state index in [1.165, 1.54) is 0 Å². The van der Waals surface area contributed by atoms with E-state index in [4.69, 9.17) is 0 Å². The third kappa shape index (κ3) is 3.52. The molecule has 0 aliphatic rings. The maximum atomic E-state index is 12.4. The first-order chi connectivity index (χ1) is 11.7.